The minimum Gasteiger partial charge on any atom is -0.493 e. The Bertz CT molecular complexity index is 711. The van der Waals surface area contributed by atoms with Crippen LogP contribution in [0.3, 0.4) is 0 Å². The number of hydrogen-bond donors (Lipinski definition) is 0. The zero-order valence-electron chi connectivity index (χ0n) is 12.4. The van der Waals surface area contributed by atoms with Gasteiger partial charge >= 0.3 is 0 Å². The quantitative estimate of drug-likeness (QED) is 0.621. The summed E-state index contributed by atoms with van der Waals surface area (Å²) in [6.07, 6.45) is -0.407. The predicted octanol–water partition coefficient (Wildman–Crippen LogP) is 3.44. The smallest absolute Gasteiger partial charge is 0.273 e. The van der Waals surface area contributed by atoms with Crippen molar-refractivity contribution in [2.75, 3.05) is 20.3 Å². The van der Waals surface area contributed by atoms with Crippen molar-refractivity contribution in [2.24, 2.45) is 0 Å². The molecule has 0 unspecified atom stereocenters. The van der Waals surface area contributed by atoms with Gasteiger partial charge in [0.2, 0.25) is 0 Å². The van der Waals surface area contributed by atoms with Crippen LogP contribution in [0.1, 0.15) is 11.9 Å². The summed E-state index contributed by atoms with van der Waals surface area (Å²) in [6, 6.07) is 11.3. The molecule has 2 aromatic carbocycles. The van der Waals surface area contributed by atoms with Gasteiger partial charge in [-0.05, 0) is 24.3 Å². The molecule has 0 amide bonds. The SMILES string of the molecule is COc1cc(C2OCCO2)ccc1Oc1cccc([N+](=O)[O-])c1. The summed E-state index contributed by atoms with van der Waals surface area (Å²) in [6.45, 7) is 1.11. The third-order valence-electron chi connectivity index (χ3n) is 3.34. The van der Waals surface area contributed by atoms with E-state index in [9.17, 15) is 10.1 Å². The lowest BCUT2D eigenvalue weighted by molar-refractivity contribution is -0.384. The monoisotopic (exact) mass is 317 g/mol. The van der Waals surface area contributed by atoms with Crippen LogP contribution < -0.4 is 9.47 Å². The Hall–Kier alpha value is -2.64. The number of nitro groups is 1. The van der Waals surface area contributed by atoms with E-state index in [4.69, 9.17) is 18.9 Å². The lowest BCUT2D eigenvalue weighted by Gasteiger charge is -2.14. The minimum absolute atomic E-state index is 0.0363. The highest BCUT2D eigenvalue weighted by Crippen LogP contribution is 2.36. The zero-order valence-corrected chi connectivity index (χ0v) is 12.4. The van der Waals surface area contributed by atoms with Gasteiger partial charge in [0.1, 0.15) is 5.75 Å². The molecule has 0 radical (unpaired) electrons. The van der Waals surface area contributed by atoms with E-state index >= 15 is 0 Å². The third-order valence-corrected chi connectivity index (χ3v) is 3.34. The molecule has 7 nitrogen and oxygen atoms in total. The van der Waals surface area contributed by atoms with Crippen LogP contribution in [0.2, 0.25) is 0 Å². The molecule has 3 rings (SSSR count). The Labute approximate surface area is 132 Å². The van der Waals surface area contributed by atoms with Crippen molar-refractivity contribution in [3.8, 4) is 17.2 Å². The Morgan fingerprint density at radius 2 is 1.91 bits per heavy atom. The molecular formula is C16H15NO6. The molecule has 2 aromatic rings. The summed E-state index contributed by atoms with van der Waals surface area (Å²) in [5.41, 5.74) is 0.789. The van der Waals surface area contributed by atoms with Crippen LogP contribution >= 0.6 is 0 Å². The Balaban J connectivity index is 1.84. The number of rotatable bonds is 5. The molecule has 1 saturated heterocycles. The minimum atomic E-state index is -0.470. The molecule has 23 heavy (non-hydrogen) atoms. The van der Waals surface area contributed by atoms with E-state index < -0.39 is 11.2 Å². The summed E-state index contributed by atoms with van der Waals surface area (Å²) in [5, 5.41) is 10.8. The van der Waals surface area contributed by atoms with Crippen molar-refractivity contribution in [1.82, 2.24) is 0 Å². The van der Waals surface area contributed by atoms with E-state index in [1.807, 2.05) is 6.07 Å². The van der Waals surface area contributed by atoms with Crippen molar-refractivity contribution in [3.05, 3.63) is 58.1 Å². The van der Waals surface area contributed by atoms with Gasteiger partial charge in [-0.1, -0.05) is 6.07 Å². The fourth-order valence-corrected chi connectivity index (χ4v) is 2.25. The van der Waals surface area contributed by atoms with Gasteiger partial charge in [-0.3, -0.25) is 10.1 Å². The number of benzene rings is 2. The number of non-ortho nitro benzene ring substituents is 1. The van der Waals surface area contributed by atoms with E-state index in [-0.39, 0.29) is 5.69 Å². The average molecular weight is 317 g/mol. The van der Waals surface area contributed by atoms with Gasteiger partial charge in [0, 0.05) is 11.6 Å². The average Bonchev–Trinajstić information content (AvgIpc) is 3.10. The first-order valence-electron chi connectivity index (χ1n) is 7.01. The van der Waals surface area contributed by atoms with E-state index in [1.54, 1.807) is 24.3 Å². The number of hydrogen-bond acceptors (Lipinski definition) is 6. The molecule has 1 aliphatic rings. The summed E-state index contributed by atoms with van der Waals surface area (Å²) >= 11 is 0. The largest absolute Gasteiger partial charge is 0.493 e. The van der Waals surface area contributed by atoms with Gasteiger partial charge < -0.3 is 18.9 Å². The second-order valence-corrected chi connectivity index (χ2v) is 4.84. The second kappa shape index (κ2) is 6.64. The molecule has 0 N–H and O–H groups in total. The van der Waals surface area contributed by atoms with E-state index in [2.05, 4.69) is 0 Å². The highest BCUT2D eigenvalue weighted by Gasteiger charge is 2.20. The fourth-order valence-electron chi connectivity index (χ4n) is 2.25. The molecule has 0 spiro atoms. The van der Waals surface area contributed by atoms with Crippen molar-refractivity contribution in [2.45, 2.75) is 6.29 Å². The van der Waals surface area contributed by atoms with Crippen LogP contribution in [0, 0.1) is 10.1 Å². The highest BCUT2D eigenvalue weighted by molar-refractivity contribution is 5.47. The first-order chi connectivity index (χ1) is 11.2. The molecule has 0 aliphatic carbocycles. The Morgan fingerprint density at radius 1 is 1.13 bits per heavy atom. The van der Waals surface area contributed by atoms with Gasteiger partial charge in [-0.25, -0.2) is 0 Å². The predicted molar refractivity (Wildman–Crippen MR) is 80.8 cm³/mol. The van der Waals surface area contributed by atoms with E-state index in [0.717, 1.165) is 5.56 Å². The molecule has 0 bridgehead atoms. The van der Waals surface area contributed by atoms with Crippen LogP contribution in [0.4, 0.5) is 5.69 Å². The maximum absolute atomic E-state index is 10.8. The molecule has 1 aliphatic heterocycles. The summed E-state index contributed by atoms with van der Waals surface area (Å²) in [7, 11) is 1.52. The van der Waals surface area contributed by atoms with Gasteiger partial charge in [0.15, 0.2) is 17.8 Å². The summed E-state index contributed by atoms with van der Waals surface area (Å²) < 4.78 is 21.9. The van der Waals surface area contributed by atoms with Gasteiger partial charge in [-0.2, -0.15) is 0 Å². The molecular weight excluding hydrogens is 302 g/mol. The van der Waals surface area contributed by atoms with E-state index in [1.165, 1.54) is 19.2 Å². The van der Waals surface area contributed by atoms with Crippen LogP contribution in [-0.2, 0) is 9.47 Å². The van der Waals surface area contributed by atoms with Crippen LogP contribution in [0.5, 0.6) is 17.2 Å². The van der Waals surface area contributed by atoms with Gasteiger partial charge in [0.25, 0.3) is 5.69 Å². The maximum atomic E-state index is 10.8. The maximum Gasteiger partial charge on any atom is 0.273 e. The zero-order chi connectivity index (χ0) is 16.2. The number of nitrogens with zero attached hydrogens (tertiary/aromatic N) is 1. The van der Waals surface area contributed by atoms with Crippen LogP contribution in [0.15, 0.2) is 42.5 Å². The Morgan fingerprint density at radius 3 is 2.61 bits per heavy atom. The first-order valence-corrected chi connectivity index (χ1v) is 7.01. The molecule has 7 heteroatoms. The third kappa shape index (κ3) is 3.41. The van der Waals surface area contributed by atoms with Crippen molar-refractivity contribution in [1.29, 1.82) is 0 Å². The van der Waals surface area contributed by atoms with Crippen molar-refractivity contribution in [3.63, 3.8) is 0 Å². The molecule has 0 saturated carbocycles. The highest BCUT2D eigenvalue weighted by atomic mass is 16.7. The summed E-state index contributed by atoms with van der Waals surface area (Å²) in [5.74, 6) is 1.31. The van der Waals surface area contributed by atoms with Crippen LogP contribution in [-0.4, -0.2) is 25.2 Å². The van der Waals surface area contributed by atoms with Gasteiger partial charge in [0.05, 0.1) is 31.3 Å². The lowest BCUT2D eigenvalue weighted by Crippen LogP contribution is -1.99. The molecule has 0 atom stereocenters. The number of methoxy groups -OCH3 is 1. The standard InChI is InChI=1S/C16H15NO6/c1-20-15-9-11(16-21-7-8-22-16)5-6-14(15)23-13-4-2-3-12(10-13)17(18)19/h2-6,9-10,16H,7-8H2,1H3. The summed E-state index contributed by atoms with van der Waals surface area (Å²) in [4.78, 5) is 10.3. The molecule has 1 heterocycles. The normalized spacial score (nSPS) is 14.7. The molecule has 0 aromatic heterocycles. The van der Waals surface area contributed by atoms with Crippen LogP contribution in [0.25, 0.3) is 0 Å². The second-order valence-electron chi connectivity index (χ2n) is 4.84. The van der Waals surface area contributed by atoms with Crippen molar-refractivity contribution < 1.29 is 23.9 Å². The van der Waals surface area contributed by atoms with Crippen molar-refractivity contribution >= 4 is 5.69 Å². The van der Waals surface area contributed by atoms with E-state index in [0.29, 0.717) is 30.5 Å². The Kier molecular flexibility index (Phi) is 4.40. The fraction of sp³-hybridized carbons (Fsp3) is 0.250. The lowest BCUT2D eigenvalue weighted by atomic mass is 10.2. The van der Waals surface area contributed by atoms with Gasteiger partial charge in [-0.15, -0.1) is 0 Å². The number of ether oxygens (including phenoxy) is 4. The molecule has 120 valence electrons. The molecule has 1 fully saturated rings. The first kappa shape index (κ1) is 15.3. The number of nitro benzene ring substituents is 1. The topological polar surface area (TPSA) is 80.1 Å².